The van der Waals surface area contributed by atoms with Crippen LogP contribution in [0.5, 0.6) is 0 Å². The maximum Gasteiger partial charge on any atom is 0.265 e. The van der Waals surface area contributed by atoms with E-state index < -0.39 is 26.8 Å². The van der Waals surface area contributed by atoms with Crippen LogP contribution < -0.4 is 5.48 Å². The number of aryl methyl sites for hydroxylation is 1. The number of carbonyl (C=O) groups excluding carboxylic acids is 1. The zero-order valence-electron chi connectivity index (χ0n) is 20.9. The molecule has 1 aromatic heterocycles. The van der Waals surface area contributed by atoms with Crippen molar-refractivity contribution in [3.8, 4) is 11.3 Å². The lowest BCUT2D eigenvalue weighted by molar-refractivity contribution is -0.202. The number of benzene rings is 1. The van der Waals surface area contributed by atoms with Crippen molar-refractivity contribution in [1.29, 1.82) is 0 Å². The predicted octanol–water partition coefficient (Wildman–Crippen LogP) is 4.38. The van der Waals surface area contributed by atoms with Gasteiger partial charge in [-0.2, -0.15) is 0 Å². The molecule has 4 rings (SSSR count). The normalized spacial score (nSPS) is 20.1. The van der Waals surface area contributed by atoms with Gasteiger partial charge in [-0.1, -0.05) is 44.0 Å². The number of nitrogens with one attached hydrogen (secondary N) is 1. The van der Waals surface area contributed by atoms with E-state index in [1.807, 2.05) is 12.1 Å². The highest BCUT2D eigenvalue weighted by molar-refractivity contribution is 7.93. The van der Waals surface area contributed by atoms with Crippen LogP contribution in [0.1, 0.15) is 63.9 Å². The third-order valence-corrected chi connectivity index (χ3v) is 9.50. The molecule has 8 nitrogen and oxygen atoms in total. The smallest absolute Gasteiger partial charge is 0.265 e. The van der Waals surface area contributed by atoms with Crippen molar-refractivity contribution in [2.24, 2.45) is 0 Å². The van der Waals surface area contributed by atoms with Gasteiger partial charge in [-0.15, -0.1) is 0 Å². The molecule has 2 aliphatic heterocycles. The Labute approximate surface area is 213 Å². The number of unbranched alkanes of at least 4 members (excludes halogenated alkanes) is 2. The highest BCUT2D eigenvalue weighted by atomic mass is 32.2. The van der Waals surface area contributed by atoms with Gasteiger partial charge in [0.05, 0.1) is 10.6 Å². The molecule has 2 aliphatic rings. The fourth-order valence-corrected chi connectivity index (χ4v) is 6.57. The molecule has 1 unspecified atom stereocenters. The van der Waals surface area contributed by atoms with E-state index in [4.69, 9.17) is 14.3 Å². The first-order chi connectivity index (χ1) is 17.5. The summed E-state index contributed by atoms with van der Waals surface area (Å²) in [5.41, 5.74) is 5.25. The van der Waals surface area contributed by atoms with E-state index in [9.17, 15) is 13.2 Å². The molecule has 36 heavy (non-hydrogen) atoms. The second kappa shape index (κ2) is 12.3. The van der Waals surface area contributed by atoms with Gasteiger partial charge in [0.1, 0.15) is 0 Å². The zero-order chi connectivity index (χ0) is 25.4. The van der Waals surface area contributed by atoms with Crippen LogP contribution in [0.4, 0.5) is 0 Å². The molecule has 2 saturated heterocycles. The van der Waals surface area contributed by atoms with Gasteiger partial charge in [0, 0.05) is 38.0 Å². The third kappa shape index (κ3) is 5.96. The molecule has 2 fully saturated rings. The number of sulfone groups is 1. The summed E-state index contributed by atoms with van der Waals surface area (Å²) in [5, 5.41) is 0. The summed E-state index contributed by atoms with van der Waals surface area (Å²) < 4.78 is 36.7. The van der Waals surface area contributed by atoms with E-state index in [2.05, 4.69) is 29.5 Å². The van der Waals surface area contributed by atoms with Crippen molar-refractivity contribution < 1.29 is 27.5 Å². The molecule has 1 atom stereocenters. The summed E-state index contributed by atoms with van der Waals surface area (Å²) in [4.78, 5) is 23.1. The maximum absolute atomic E-state index is 13.8. The van der Waals surface area contributed by atoms with Crippen LogP contribution >= 0.6 is 0 Å². The molecule has 1 amide bonds. The Bertz CT molecular complexity index is 1090. The minimum Gasteiger partial charge on any atom is -0.381 e. The largest absolute Gasteiger partial charge is 0.381 e. The highest BCUT2D eigenvalue weighted by Crippen LogP contribution is 2.36. The second-order valence-electron chi connectivity index (χ2n) is 9.49. The molecule has 196 valence electrons. The minimum atomic E-state index is -4.07. The average Bonchev–Trinajstić information content (AvgIpc) is 2.93. The van der Waals surface area contributed by atoms with Gasteiger partial charge >= 0.3 is 0 Å². The number of ether oxygens (including phenoxy) is 2. The van der Waals surface area contributed by atoms with Crippen LogP contribution in [0.2, 0.25) is 0 Å². The van der Waals surface area contributed by atoms with Crippen LogP contribution in [0.15, 0.2) is 47.5 Å². The molecule has 0 radical (unpaired) electrons. The van der Waals surface area contributed by atoms with Gasteiger partial charge in [0.15, 0.2) is 20.9 Å². The Kier molecular flexibility index (Phi) is 9.11. The zero-order valence-corrected chi connectivity index (χ0v) is 21.7. The average molecular weight is 517 g/mol. The van der Waals surface area contributed by atoms with Crippen molar-refractivity contribution in [3.05, 3.63) is 48.2 Å². The van der Waals surface area contributed by atoms with Crippen LogP contribution in [-0.4, -0.2) is 50.2 Å². The Morgan fingerprint density at radius 2 is 1.86 bits per heavy atom. The number of hydrogen-bond acceptors (Lipinski definition) is 7. The number of pyridine rings is 1. The molecule has 2 aromatic rings. The van der Waals surface area contributed by atoms with Gasteiger partial charge in [-0.25, -0.2) is 18.7 Å². The lowest BCUT2D eigenvalue weighted by Gasteiger charge is -2.35. The van der Waals surface area contributed by atoms with E-state index in [1.54, 1.807) is 6.07 Å². The van der Waals surface area contributed by atoms with Gasteiger partial charge in [-0.05, 0) is 56.2 Å². The Hall–Kier alpha value is -2.33. The predicted molar refractivity (Wildman–Crippen MR) is 136 cm³/mol. The molecule has 0 saturated carbocycles. The van der Waals surface area contributed by atoms with Crippen molar-refractivity contribution in [3.63, 3.8) is 0 Å². The number of hydrogen-bond donors (Lipinski definition) is 1. The van der Waals surface area contributed by atoms with Crippen LogP contribution in [-0.2, 0) is 35.4 Å². The summed E-state index contributed by atoms with van der Waals surface area (Å²) in [6.07, 6.45) is 7.98. The van der Waals surface area contributed by atoms with Crippen LogP contribution in [0.3, 0.4) is 0 Å². The summed E-state index contributed by atoms with van der Waals surface area (Å²) in [5.74, 6) is -0.692. The Balaban J connectivity index is 1.50. The quantitative estimate of drug-likeness (QED) is 0.369. The van der Waals surface area contributed by atoms with Gasteiger partial charge < -0.3 is 9.47 Å². The Morgan fingerprint density at radius 1 is 1.08 bits per heavy atom. The lowest BCUT2D eigenvalue weighted by atomic mass is 9.98. The molecular formula is C27H36N2O6S. The van der Waals surface area contributed by atoms with E-state index >= 15 is 0 Å². The summed E-state index contributed by atoms with van der Waals surface area (Å²) in [7, 11) is -4.07. The topological polar surface area (TPSA) is 104 Å². The summed E-state index contributed by atoms with van der Waals surface area (Å²) in [6, 6.07) is 11.4. The first kappa shape index (κ1) is 26.7. The first-order valence-corrected chi connectivity index (χ1v) is 14.4. The number of carbonyl (C=O) groups is 1. The SMILES string of the molecule is CCCCCc1ccc(-c2ccc(S(=O)(=O)C3(C(=O)NOC4CCCCO4)CCOCC3)cn2)cc1. The standard InChI is InChI=1S/C27H36N2O6S/c1-2-3-4-7-21-9-11-22(12-10-21)24-14-13-23(20-28-24)36(31,32)27(15-18-33-19-16-27)26(30)29-35-25-8-5-6-17-34-25/h9-14,20,25H,2-8,15-19H2,1H3,(H,29,30). The summed E-state index contributed by atoms with van der Waals surface area (Å²) in [6.45, 7) is 3.08. The number of hydroxylamine groups is 1. The fourth-order valence-electron chi connectivity index (χ4n) is 4.69. The number of aromatic nitrogens is 1. The molecule has 3 heterocycles. The van der Waals surface area contributed by atoms with Crippen LogP contribution in [0.25, 0.3) is 11.3 Å². The second-order valence-corrected chi connectivity index (χ2v) is 11.7. The molecule has 9 heteroatoms. The van der Waals surface area contributed by atoms with E-state index in [-0.39, 0.29) is 31.0 Å². The van der Waals surface area contributed by atoms with Crippen molar-refractivity contribution in [2.75, 3.05) is 19.8 Å². The van der Waals surface area contributed by atoms with Crippen molar-refractivity contribution in [2.45, 2.75) is 80.6 Å². The first-order valence-electron chi connectivity index (χ1n) is 12.9. The van der Waals surface area contributed by atoms with Crippen LogP contribution in [0, 0.1) is 0 Å². The van der Waals surface area contributed by atoms with Gasteiger partial charge in [0.25, 0.3) is 5.91 Å². The maximum atomic E-state index is 13.8. The molecule has 0 aliphatic carbocycles. The van der Waals surface area contributed by atoms with Crippen molar-refractivity contribution in [1.82, 2.24) is 10.5 Å². The van der Waals surface area contributed by atoms with E-state index in [0.29, 0.717) is 18.7 Å². The Morgan fingerprint density at radius 3 is 2.50 bits per heavy atom. The van der Waals surface area contributed by atoms with Gasteiger partial charge in [-0.3, -0.25) is 9.78 Å². The number of amides is 1. The van der Waals surface area contributed by atoms with Crippen molar-refractivity contribution >= 4 is 15.7 Å². The monoisotopic (exact) mass is 516 g/mol. The molecule has 0 spiro atoms. The number of rotatable bonds is 10. The summed E-state index contributed by atoms with van der Waals surface area (Å²) >= 11 is 0. The number of nitrogens with zero attached hydrogens (tertiary/aromatic N) is 1. The minimum absolute atomic E-state index is 0.00778. The molecule has 1 N–H and O–H groups in total. The third-order valence-electron chi connectivity index (χ3n) is 7.02. The molecular weight excluding hydrogens is 480 g/mol. The van der Waals surface area contributed by atoms with E-state index in [0.717, 1.165) is 24.8 Å². The highest BCUT2D eigenvalue weighted by Gasteiger charge is 2.52. The molecule has 0 bridgehead atoms. The lowest BCUT2D eigenvalue weighted by Crippen LogP contribution is -2.56. The molecule has 1 aromatic carbocycles. The fraction of sp³-hybridized carbons (Fsp3) is 0.556. The van der Waals surface area contributed by atoms with Gasteiger partial charge in [0.2, 0.25) is 0 Å². The van der Waals surface area contributed by atoms with E-state index in [1.165, 1.54) is 37.1 Å².